The average molecular weight is 212 g/mol. The van der Waals surface area contributed by atoms with Crippen molar-refractivity contribution in [3.8, 4) is 0 Å². The van der Waals surface area contributed by atoms with Crippen LogP contribution in [0.3, 0.4) is 0 Å². The highest BCUT2D eigenvalue weighted by Crippen LogP contribution is 2.28. The van der Waals surface area contributed by atoms with Gasteiger partial charge in [-0.05, 0) is 12.1 Å². The minimum atomic E-state index is -0.502. The van der Waals surface area contributed by atoms with Crippen LogP contribution in [-0.4, -0.2) is 23.4 Å². The van der Waals surface area contributed by atoms with E-state index in [0.717, 1.165) is 0 Å². The Morgan fingerprint density at radius 1 is 1.50 bits per heavy atom. The van der Waals surface area contributed by atoms with Gasteiger partial charge in [-0.15, -0.1) is 11.8 Å². The molecule has 0 heterocycles. The number of hydrogen-bond acceptors (Lipinski definition) is 4. The Kier molecular flexibility index (Phi) is 3.79. The molecule has 0 spiro atoms. The van der Waals surface area contributed by atoms with Crippen molar-refractivity contribution in [1.29, 1.82) is 0 Å². The largest absolute Gasteiger partial charge is 0.398 e. The highest BCUT2D eigenvalue weighted by molar-refractivity contribution is 7.99. The van der Waals surface area contributed by atoms with Crippen LogP contribution < -0.4 is 11.5 Å². The summed E-state index contributed by atoms with van der Waals surface area (Å²) < 4.78 is 0. The number of anilines is 1. The van der Waals surface area contributed by atoms with Crippen molar-refractivity contribution in [2.75, 3.05) is 18.1 Å². The molecule has 76 valence electrons. The smallest absolute Gasteiger partial charge is 0.249 e. The number of carbonyl (C=O) groups is 1. The first kappa shape index (κ1) is 10.9. The molecule has 1 aromatic rings. The van der Waals surface area contributed by atoms with Crippen LogP contribution in [0.2, 0.25) is 0 Å². The van der Waals surface area contributed by atoms with E-state index < -0.39 is 5.91 Å². The number of benzene rings is 1. The van der Waals surface area contributed by atoms with Crippen molar-refractivity contribution < 1.29 is 9.90 Å². The quantitative estimate of drug-likeness (QED) is 0.499. The number of nitrogens with two attached hydrogens (primary N) is 2. The number of nitrogen functional groups attached to an aromatic ring is 1. The molecule has 0 radical (unpaired) electrons. The van der Waals surface area contributed by atoms with E-state index in [1.54, 1.807) is 18.2 Å². The Morgan fingerprint density at radius 3 is 2.79 bits per heavy atom. The summed E-state index contributed by atoms with van der Waals surface area (Å²) in [5, 5.41) is 8.67. The number of hydrogen-bond donors (Lipinski definition) is 3. The second kappa shape index (κ2) is 4.88. The van der Waals surface area contributed by atoms with Crippen LogP contribution in [0.1, 0.15) is 10.4 Å². The van der Waals surface area contributed by atoms with Gasteiger partial charge >= 0.3 is 0 Å². The molecule has 4 nitrogen and oxygen atoms in total. The molecule has 0 atom stereocenters. The van der Waals surface area contributed by atoms with Crippen LogP contribution in [-0.2, 0) is 0 Å². The molecule has 14 heavy (non-hydrogen) atoms. The first-order valence-corrected chi connectivity index (χ1v) is 5.07. The zero-order valence-electron chi connectivity index (χ0n) is 7.56. The number of thioether (sulfide) groups is 1. The molecule has 0 fully saturated rings. The molecule has 0 bridgehead atoms. The van der Waals surface area contributed by atoms with Crippen molar-refractivity contribution in [2.45, 2.75) is 4.90 Å². The maximum Gasteiger partial charge on any atom is 0.249 e. The summed E-state index contributed by atoms with van der Waals surface area (Å²) in [7, 11) is 0. The number of aliphatic hydroxyl groups is 1. The molecule has 0 aliphatic heterocycles. The number of carbonyl (C=O) groups excluding carboxylic acids is 1. The maximum atomic E-state index is 11.0. The number of primary amides is 1. The van der Waals surface area contributed by atoms with E-state index in [2.05, 4.69) is 0 Å². The van der Waals surface area contributed by atoms with Crippen LogP contribution in [0.25, 0.3) is 0 Å². The minimum Gasteiger partial charge on any atom is -0.398 e. The van der Waals surface area contributed by atoms with Gasteiger partial charge in [-0.25, -0.2) is 0 Å². The van der Waals surface area contributed by atoms with Gasteiger partial charge in [-0.1, -0.05) is 6.07 Å². The lowest BCUT2D eigenvalue weighted by molar-refractivity contribution is 0.0997. The third kappa shape index (κ3) is 2.40. The van der Waals surface area contributed by atoms with E-state index in [0.29, 0.717) is 21.9 Å². The van der Waals surface area contributed by atoms with Gasteiger partial charge in [0.05, 0.1) is 12.2 Å². The van der Waals surface area contributed by atoms with Crippen molar-refractivity contribution in [2.24, 2.45) is 5.73 Å². The van der Waals surface area contributed by atoms with Crippen LogP contribution in [0.5, 0.6) is 0 Å². The predicted molar refractivity (Wildman–Crippen MR) is 57.2 cm³/mol. The van der Waals surface area contributed by atoms with Crippen LogP contribution in [0.4, 0.5) is 5.69 Å². The summed E-state index contributed by atoms with van der Waals surface area (Å²) in [6.07, 6.45) is 0. The standard InChI is InChI=1S/C9H12N2O2S/c10-7-3-1-2-6(9(11)13)8(7)14-5-4-12/h1-3,12H,4-5,10H2,(H2,11,13). The van der Waals surface area contributed by atoms with Crippen LogP contribution >= 0.6 is 11.8 Å². The molecule has 0 aliphatic carbocycles. The number of rotatable bonds is 4. The van der Waals surface area contributed by atoms with Gasteiger partial charge in [0.15, 0.2) is 0 Å². The molecule has 0 aliphatic rings. The fraction of sp³-hybridized carbons (Fsp3) is 0.222. The second-order valence-electron chi connectivity index (χ2n) is 2.66. The Balaban J connectivity index is 3.02. The molecule has 5 N–H and O–H groups in total. The van der Waals surface area contributed by atoms with E-state index in [9.17, 15) is 4.79 Å². The molecule has 1 amide bonds. The molecule has 0 saturated carbocycles. The highest BCUT2D eigenvalue weighted by atomic mass is 32.2. The normalized spacial score (nSPS) is 10.1. The fourth-order valence-electron chi connectivity index (χ4n) is 1.06. The van der Waals surface area contributed by atoms with Crippen LogP contribution in [0, 0.1) is 0 Å². The number of amides is 1. The SMILES string of the molecule is NC(=O)c1cccc(N)c1SCCO. The summed E-state index contributed by atoms with van der Waals surface area (Å²) in [5.74, 6) is -0.00756. The summed E-state index contributed by atoms with van der Waals surface area (Å²) >= 11 is 1.33. The number of aliphatic hydroxyl groups excluding tert-OH is 1. The van der Waals surface area contributed by atoms with Crippen molar-refractivity contribution in [3.05, 3.63) is 23.8 Å². The molecular formula is C9H12N2O2S. The molecule has 0 aromatic heterocycles. The van der Waals surface area contributed by atoms with Crippen molar-refractivity contribution in [3.63, 3.8) is 0 Å². The maximum absolute atomic E-state index is 11.0. The van der Waals surface area contributed by atoms with E-state index in [1.807, 2.05) is 0 Å². The van der Waals surface area contributed by atoms with Crippen molar-refractivity contribution >= 4 is 23.4 Å². The van der Waals surface area contributed by atoms with E-state index in [4.69, 9.17) is 16.6 Å². The molecule has 1 rings (SSSR count). The second-order valence-corrected chi connectivity index (χ2v) is 3.77. The summed E-state index contributed by atoms with van der Waals surface area (Å²) in [6.45, 7) is 0.0389. The van der Waals surface area contributed by atoms with E-state index in [-0.39, 0.29) is 6.61 Å². The van der Waals surface area contributed by atoms with Gasteiger partial charge in [-0.2, -0.15) is 0 Å². The van der Waals surface area contributed by atoms with Gasteiger partial charge in [0.2, 0.25) is 5.91 Å². The Hall–Kier alpha value is -1.20. The molecule has 0 saturated heterocycles. The lowest BCUT2D eigenvalue weighted by atomic mass is 10.2. The summed E-state index contributed by atoms with van der Waals surface area (Å²) in [6, 6.07) is 5.00. The summed E-state index contributed by atoms with van der Waals surface area (Å²) in [4.78, 5) is 11.7. The topological polar surface area (TPSA) is 89.3 Å². The lowest BCUT2D eigenvalue weighted by Gasteiger charge is -2.08. The molecular weight excluding hydrogens is 200 g/mol. The summed E-state index contributed by atoms with van der Waals surface area (Å²) in [5.41, 5.74) is 11.8. The van der Waals surface area contributed by atoms with Crippen LogP contribution in [0.15, 0.2) is 23.1 Å². The van der Waals surface area contributed by atoms with Crippen molar-refractivity contribution in [1.82, 2.24) is 0 Å². The van der Waals surface area contributed by atoms with Gasteiger partial charge in [0.25, 0.3) is 0 Å². The third-order valence-corrected chi connectivity index (χ3v) is 2.78. The van der Waals surface area contributed by atoms with Gasteiger partial charge in [0.1, 0.15) is 0 Å². The zero-order valence-corrected chi connectivity index (χ0v) is 8.38. The van der Waals surface area contributed by atoms with E-state index >= 15 is 0 Å². The minimum absolute atomic E-state index is 0.0389. The molecule has 1 aromatic carbocycles. The average Bonchev–Trinajstić information content (AvgIpc) is 2.15. The third-order valence-electron chi connectivity index (χ3n) is 1.65. The Bertz CT molecular complexity index is 342. The predicted octanol–water partition coefficient (Wildman–Crippen LogP) is 0.452. The lowest BCUT2D eigenvalue weighted by Crippen LogP contribution is -2.13. The zero-order chi connectivity index (χ0) is 10.6. The van der Waals surface area contributed by atoms with Gasteiger partial charge in [0, 0.05) is 16.3 Å². The fourth-order valence-corrected chi connectivity index (χ4v) is 1.91. The first-order chi connectivity index (χ1) is 6.66. The highest BCUT2D eigenvalue weighted by Gasteiger charge is 2.10. The Morgan fingerprint density at radius 2 is 2.21 bits per heavy atom. The Labute approximate surface area is 86.3 Å². The van der Waals surface area contributed by atoms with Gasteiger partial charge < -0.3 is 16.6 Å². The molecule has 5 heteroatoms. The molecule has 0 unspecified atom stereocenters. The first-order valence-electron chi connectivity index (χ1n) is 4.08. The van der Waals surface area contributed by atoms with E-state index in [1.165, 1.54) is 11.8 Å². The monoisotopic (exact) mass is 212 g/mol. The van der Waals surface area contributed by atoms with Gasteiger partial charge in [-0.3, -0.25) is 4.79 Å².